The normalized spacial score (nSPS) is 11.3. The lowest BCUT2D eigenvalue weighted by Crippen LogP contribution is -2.17. The minimum atomic E-state index is -4.91. The first-order chi connectivity index (χ1) is 13.3. The van der Waals surface area contributed by atoms with Gasteiger partial charge < -0.3 is 9.47 Å². The molecule has 3 aromatic rings. The average Bonchev–Trinajstić information content (AvgIpc) is 3.11. The molecule has 146 valence electrons. The quantitative estimate of drug-likeness (QED) is 0.606. The number of H-pyrrole nitrogens is 1. The minimum Gasteiger partial charge on any atom is -0.461 e. The fraction of sp³-hybridized carbons (Fsp3) is 0.167. The van der Waals surface area contributed by atoms with Crippen molar-refractivity contribution in [2.75, 3.05) is 6.61 Å². The Morgan fingerprint density at radius 3 is 2.46 bits per heavy atom. The van der Waals surface area contributed by atoms with Crippen LogP contribution in [0, 0.1) is 0 Å². The Morgan fingerprint density at radius 2 is 1.82 bits per heavy atom. The third-order valence-electron chi connectivity index (χ3n) is 3.66. The zero-order valence-corrected chi connectivity index (χ0v) is 15.1. The van der Waals surface area contributed by atoms with Gasteiger partial charge >= 0.3 is 12.3 Å². The van der Waals surface area contributed by atoms with Crippen LogP contribution >= 0.6 is 11.6 Å². The number of benzene rings is 2. The summed E-state index contributed by atoms with van der Waals surface area (Å²) >= 11 is 5.84. The lowest BCUT2D eigenvalue weighted by Gasteiger charge is -2.15. The monoisotopic (exact) mass is 411 g/mol. The van der Waals surface area contributed by atoms with Gasteiger partial charge in [0.1, 0.15) is 11.4 Å². The number of hydrogen-bond acceptors (Lipinski definition) is 5. The summed E-state index contributed by atoms with van der Waals surface area (Å²) in [7, 11) is 0. The van der Waals surface area contributed by atoms with Gasteiger partial charge in [0.25, 0.3) is 0 Å². The summed E-state index contributed by atoms with van der Waals surface area (Å²) in [5.74, 6) is -1.17. The molecule has 0 spiro atoms. The van der Waals surface area contributed by atoms with E-state index in [0.29, 0.717) is 10.6 Å². The molecule has 28 heavy (non-hydrogen) atoms. The van der Waals surface area contributed by atoms with E-state index in [1.807, 2.05) is 0 Å². The van der Waals surface area contributed by atoms with Gasteiger partial charge in [-0.25, -0.2) is 4.79 Å². The molecule has 0 aliphatic rings. The molecule has 3 rings (SSSR count). The van der Waals surface area contributed by atoms with Crippen molar-refractivity contribution in [3.8, 4) is 28.1 Å². The van der Waals surface area contributed by atoms with Gasteiger partial charge in [-0.3, -0.25) is 5.10 Å². The molecule has 0 fully saturated rings. The summed E-state index contributed by atoms with van der Waals surface area (Å²) in [6.45, 7) is 1.74. The highest BCUT2D eigenvalue weighted by atomic mass is 35.5. The van der Waals surface area contributed by atoms with Crippen LogP contribution in [0.5, 0.6) is 5.75 Å². The maximum absolute atomic E-state index is 12.9. The Morgan fingerprint density at radius 1 is 1.14 bits per heavy atom. The molecule has 0 atom stereocenters. The van der Waals surface area contributed by atoms with E-state index in [1.54, 1.807) is 31.2 Å². The van der Waals surface area contributed by atoms with Crippen LogP contribution in [-0.4, -0.2) is 34.3 Å². The Labute approximate surface area is 162 Å². The Kier molecular flexibility index (Phi) is 5.55. The summed E-state index contributed by atoms with van der Waals surface area (Å²) < 4.78 is 47.9. The van der Waals surface area contributed by atoms with Gasteiger partial charge in [0.2, 0.25) is 0 Å². The van der Waals surface area contributed by atoms with Gasteiger partial charge in [-0.05, 0) is 36.8 Å². The van der Waals surface area contributed by atoms with Crippen molar-refractivity contribution in [3.05, 3.63) is 53.2 Å². The van der Waals surface area contributed by atoms with Crippen LogP contribution in [-0.2, 0) is 4.74 Å². The molecular weight excluding hydrogens is 399 g/mol. The Bertz CT molecular complexity index is 988. The Hall–Kier alpha value is -3.07. The second-order valence-electron chi connectivity index (χ2n) is 5.52. The van der Waals surface area contributed by atoms with Crippen LogP contribution in [0.3, 0.4) is 0 Å². The first-order valence-electron chi connectivity index (χ1n) is 8.02. The highest BCUT2D eigenvalue weighted by molar-refractivity contribution is 6.30. The summed E-state index contributed by atoms with van der Waals surface area (Å²) in [4.78, 5) is 12.0. The SMILES string of the molecule is CCOC(=O)c1[nH]nnc1-c1ccc(-c2ccc(Cl)cc2)c(OC(F)(F)F)c1. The lowest BCUT2D eigenvalue weighted by molar-refractivity contribution is -0.274. The van der Waals surface area contributed by atoms with Crippen molar-refractivity contribution in [3.63, 3.8) is 0 Å². The van der Waals surface area contributed by atoms with E-state index in [4.69, 9.17) is 16.3 Å². The van der Waals surface area contributed by atoms with Gasteiger partial charge in [-0.15, -0.1) is 18.3 Å². The number of esters is 1. The number of nitrogens with one attached hydrogen (secondary N) is 1. The van der Waals surface area contributed by atoms with E-state index in [9.17, 15) is 18.0 Å². The summed E-state index contributed by atoms with van der Waals surface area (Å²) in [5.41, 5.74) is 0.848. The van der Waals surface area contributed by atoms with Crippen LogP contribution in [0.1, 0.15) is 17.4 Å². The summed E-state index contributed by atoms with van der Waals surface area (Å²) in [5, 5.41) is 10.2. The smallest absolute Gasteiger partial charge is 0.461 e. The molecule has 6 nitrogen and oxygen atoms in total. The molecule has 0 aliphatic carbocycles. The molecule has 0 radical (unpaired) electrons. The van der Waals surface area contributed by atoms with Crippen molar-refractivity contribution >= 4 is 17.6 Å². The molecule has 0 bridgehead atoms. The van der Waals surface area contributed by atoms with E-state index in [0.717, 1.165) is 6.07 Å². The predicted octanol–water partition coefficient (Wildman–Crippen LogP) is 4.87. The van der Waals surface area contributed by atoms with Crippen LogP contribution in [0.4, 0.5) is 13.2 Å². The molecular formula is C18H13ClF3N3O3. The third kappa shape index (κ3) is 4.42. The third-order valence-corrected chi connectivity index (χ3v) is 3.92. The van der Waals surface area contributed by atoms with E-state index >= 15 is 0 Å². The van der Waals surface area contributed by atoms with Crippen molar-refractivity contribution in [2.45, 2.75) is 13.3 Å². The molecule has 10 heteroatoms. The molecule has 0 saturated carbocycles. The second-order valence-corrected chi connectivity index (χ2v) is 5.96. The van der Waals surface area contributed by atoms with Crippen molar-refractivity contribution in [2.24, 2.45) is 0 Å². The largest absolute Gasteiger partial charge is 0.573 e. The summed E-state index contributed by atoms with van der Waals surface area (Å²) in [6, 6.07) is 10.3. The van der Waals surface area contributed by atoms with Crippen molar-refractivity contribution in [1.29, 1.82) is 0 Å². The number of alkyl halides is 3. The molecule has 0 amide bonds. The minimum absolute atomic E-state index is 0.0492. The number of rotatable bonds is 5. The van der Waals surface area contributed by atoms with Gasteiger partial charge in [-0.2, -0.15) is 0 Å². The van der Waals surface area contributed by atoms with Crippen LogP contribution in [0.15, 0.2) is 42.5 Å². The second kappa shape index (κ2) is 7.89. The first kappa shape index (κ1) is 19.7. The average molecular weight is 412 g/mol. The van der Waals surface area contributed by atoms with E-state index in [-0.39, 0.29) is 29.1 Å². The molecule has 0 aliphatic heterocycles. The summed E-state index contributed by atoms with van der Waals surface area (Å²) in [6.07, 6.45) is -4.91. The maximum atomic E-state index is 12.9. The van der Waals surface area contributed by atoms with Crippen molar-refractivity contribution in [1.82, 2.24) is 15.4 Å². The molecule has 1 N–H and O–H groups in total. The van der Waals surface area contributed by atoms with Gasteiger partial charge in [0.15, 0.2) is 5.69 Å². The number of carbonyl (C=O) groups is 1. The van der Waals surface area contributed by atoms with Gasteiger partial charge in [0.05, 0.1) is 6.61 Å². The number of carbonyl (C=O) groups excluding carboxylic acids is 1. The molecule has 1 heterocycles. The number of hydrogen-bond donors (Lipinski definition) is 1. The fourth-order valence-electron chi connectivity index (χ4n) is 2.52. The fourth-order valence-corrected chi connectivity index (χ4v) is 2.65. The number of ether oxygens (including phenoxy) is 2. The molecule has 2 aromatic carbocycles. The Balaban J connectivity index is 2.08. The lowest BCUT2D eigenvalue weighted by atomic mass is 10.0. The van der Waals surface area contributed by atoms with E-state index in [2.05, 4.69) is 20.1 Å². The molecule has 1 aromatic heterocycles. The number of aromatic nitrogens is 3. The highest BCUT2D eigenvalue weighted by Crippen LogP contribution is 2.37. The van der Waals surface area contributed by atoms with Gasteiger partial charge in [-0.1, -0.05) is 35.0 Å². The number of aromatic amines is 1. The zero-order valence-electron chi connectivity index (χ0n) is 14.4. The number of nitrogens with zero attached hydrogens (tertiary/aromatic N) is 2. The van der Waals surface area contributed by atoms with Crippen molar-refractivity contribution < 1.29 is 27.4 Å². The zero-order chi connectivity index (χ0) is 20.3. The molecule has 0 unspecified atom stereocenters. The maximum Gasteiger partial charge on any atom is 0.573 e. The topological polar surface area (TPSA) is 77.1 Å². The van der Waals surface area contributed by atoms with E-state index in [1.165, 1.54) is 12.1 Å². The van der Waals surface area contributed by atoms with Crippen LogP contribution in [0.25, 0.3) is 22.4 Å². The highest BCUT2D eigenvalue weighted by Gasteiger charge is 2.33. The molecule has 0 saturated heterocycles. The standard InChI is InChI=1S/C18H13ClF3N3O3/c1-2-27-17(26)16-15(23-25-24-16)11-5-8-13(10-3-6-12(19)7-4-10)14(9-11)28-18(20,21)22/h3-9H,2H2,1H3,(H,23,24,25). The van der Waals surface area contributed by atoms with E-state index < -0.39 is 18.1 Å². The first-order valence-corrected chi connectivity index (χ1v) is 8.40. The number of halogens is 4. The van der Waals surface area contributed by atoms with Crippen LogP contribution < -0.4 is 4.74 Å². The van der Waals surface area contributed by atoms with Crippen LogP contribution in [0.2, 0.25) is 5.02 Å². The van der Waals surface area contributed by atoms with Gasteiger partial charge in [0, 0.05) is 16.1 Å². The predicted molar refractivity (Wildman–Crippen MR) is 94.9 cm³/mol.